The molecule has 0 saturated carbocycles. The van der Waals surface area contributed by atoms with Crippen LogP contribution in [0.3, 0.4) is 0 Å². The molecule has 0 spiro atoms. The average molecular weight is 443 g/mol. The molecule has 112 valence electrons. The third kappa shape index (κ3) is 3.47. The number of nitrogens with two attached hydrogens (primary N) is 1. The molecule has 1 aromatic carbocycles. The lowest BCUT2D eigenvalue weighted by Crippen LogP contribution is -2.23. The predicted molar refractivity (Wildman–Crippen MR) is 76.1 cm³/mol. The number of rotatable bonds is 3. The van der Waals surface area contributed by atoms with Crippen LogP contribution in [0.4, 0.5) is 18.9 Å². The summed E-state index contributed by atoms with van der Waals surface area (Å²) in [4.78, 5) is 2.54. The number of sulfone groups is 1. The molecule has 0 bridgehead atoms. The lowest BCUT2D eigenvalue weighted by Gasteiger charge is -2.10. The molecule has 0 aromatic heterocycles. The minimum Gasteiger partial charge on any atom is -0.505 e. The van der Waals surface area contributed by atoms with Crippen molar-refractivity contribution in [3.05, 3.63) is 15.7 Å². The zero-order valence-electron chi connectivity index (χ0n) is 9.45. The molecule has 0 unspecified atom stereocenters. The summed E-state index contributed by atoms with van der Waals surface area (Å²) in [5, 5.41) is 9.65. The van der Waals surface area contributed by atoms with E-state index in [4.69, 9.17) is 17.3 Å². The number of aromatic hydroxyl groups is 1. The maximum atomic E-state index is 12.5. The number of phenols is 1. The summed E-state index contributed by atoms with van der Waals surface area (Å²) in [5.41, 5.74) is -0.555. The lowest BCUT2D eigenvalue weighted by atomic mass is 10.3. The molecular formula is C9H7ClF3IN2O3S. The summed E-state index contributed by atoms with van der Waals surface area (Å²) < 4.78 is 59.9. The van der Waals surface area contributed by atoms with Crippen molar-refractivity contribution in [2.45, 2.75) is 10.4 Å². The molecule has 0 fully saturated rings. The first-order valence-electron chi connectivity index (χ1n) is 4.73. The Kier molecular flexibility index (Phi) is 5.13. The zero-order valence-corrected chi connectivity index (χ0v) is 13.2. The summed E-state index contributed by atoms with van der Waals surface area (Å²) in [6.07, 6.45) is 0. The van der Waals surface area contributed by atoms with Gasteiger partial charge in [-0.2, -0.15) is 13.2 Å². The molecule has 3 N–H and O–H groups in total. The number of phenolic OH excluding ortho intramolecular Hbond substituents is 1. The number of aliphatic imine (C=N–C) groups is 1. The second-order valence-corrected chi connectivity index (χ2v) is 6.83. The normalized spacial score (nSPS) is 13.6. The smallest absolute Gasteiger partial charge is 0.501 e. The van der Waals surface area contributed by atoms with Crippen molar-refractivity contribution in [2.24, 2.45) is 10.7 Å². The van der Waals surface area contributed by atoms with E-state index in [-0.39, 0.29) is 15.3 Å². The molecule has 5 nitrogen and oxygen atoms in total. The number of nitrogens with zero attached hydrogens (tertiary/aromatic N) is 1. The number of alkyl halides is 4. The second-order valence-electron chi connectivity index (χ2n) is 3.46. The van der Waals surface area contributed by atoms with E-state index in [9.17, 15) is 26.7 Å². The molecule has 0 radical (unpaired) electrons. The molecule has 0 heterocycles. The number of benzene rings is 1. The average Bonchev–Trinajstić information content (AvgIpc) is 2.32. The highest BCUT2D eigenvalue weighted by Crippen LogP contribution is 2.38. The van der Waals surface area contributed by atoms with Crippen LogP contribution in [0, 0.1) is 3.57 Å². The van der Waals surface area contributed by atoms with Crippen molar-refractivity contribution in [2.75, 3.05) is 5.88 Å². The number of amidine groups is 1. The molecule has 0 aliphatic heterocycles. The van der Waals surface area contributed by atoms with Gasteiger partial charge in [0.1, 0.15) is 11.5 Å². The van der Waals surface area contributed by atoms with E-state index in [2.05, 4.69) is 4.99 Å². The molecule has 11 heteroatoms. The molecule has 1 aromatic rings. The predicted octanol–water partition coefficient (Wildman–Crippen LogP) is 2.52. The Balaban J connectivity index is 3.55. The van der Waals surface area contributed by atoms with Crippen LogP contribution in [0.1, 0.15) is 0 Å². The first kappa shape index (κ1) is 17.3. The van der Waals surface area contributed by atoms with Crippen molar-refractivity contribution in [1.29, 1.82) is 0 Å². The fourth-order valence-corrected chi connectivity index (χ4v) is 2.81. The van der Waals surface area contributed by atoms with Gasteiger partial charge in [0.2, 0.25) is 0 Å². The number of halogens is 5. The summed E-state index contributed by atoms with van der Waals surface area (Å²) in [7, 11) is -5.54. The minimum absolute atomic E-state index is 0.117. The Morgan fingerprint density at radius 2 is 2.00 bits per heavy atom. The van der Waals surface area contributed by atoms with Gasteiger partial charge in [0.25, 0.3) is 9.84 Å². The van der Waals surface area contributed by atoms with Crippen molar-refractivity contribution in [3.63, 3.8) is 0 Å². The Labute approximate surface area is 130 Å². The van der Waals surface area contributed by atoms with Crippen molar-refractivity contribution < 1.29 is 26.7 Å². The van der Waals surface area contributed by atoms with E-state index < -0.39 is 31.7 Å². The molecule has 0 amide bonds. The molecule has 0 atom stereocenters. The Bertz CT molecular complexity index is 661. The largest absolute Gasteiger partial charge is 0.505 e. The third-order valence-corrected chi connectivity index (χ3v) is 4.59. The van der Waals surface area contributed by atoms with Gasteiger partial charge >= 0.3 is 5.51 Å². The van der Waals surface area contributed by atoms with Gasteiger partial charge in [-0.3, -0.25) is 0 Å². The van der Waals surface area contributed by atoms with Crippen LogP contribution in [0.5, 0.6) is 5.75 Å². The molecule has 20 heavy (non-hydrogen) atoms. The standard InChI is InChI=1S/C9H7ClF3IN2O3S/c10-3-7(15)16-6-2-4(1-5(14)8(6)17)20(18,19)9(11,12)13/h1-2,17H,3H2,(H2,15,16). The fourth-order valence-electron chi connectivity index (χ4n) is 1.12. The van der Waals surface area contributed by atoms with Crippen LogP contribution in [0.2, 0.25) is 0 Å². The van der Waals surface area contributed by atoms with Gasteiger partial charge in [-0.25, -0.2) is 13.4 Å². The van der Waals surface area contributed by atoms with Gasteiger partial charge < -0.3 is 10.8 Å². The molecule has 1 rings (SSSR count). The van der Waals surface area contributed by atoms with E-state index in [0.717, 1.165) is 0 Å². The highest BCUT2D eigenvalue weighted by Gasteiger charge is 2.47. The van der Waals surface area contributed by atoms with Gasteiger partial charge in [0.15, 0.2) is 5.75 Å². The van der Waals surface area contributed by atoms with Crippen LogP contribution in [0.15, 0.2) is 22.0 Å². The van der Waals surface area contributed by atoms with E-state index in [1.54, 1.807) is 0 Å². The Morgan fingerprint density at radius 1 is 1.45 bits per heavy atom. The maximum absolute atomic E-state index is 12.5. The summed E-state index contributed by atoms with van der Waals surface area (Å²) in [6.45, 7) is 0. The Hall–Kier alpha value is -0.750. The van der Waals surface area contributed by atoms with Gasteiger partial charge in [0.05, 0.1) is 14.3 Å². The van der Waals surface area contributed by atoms with Crippen molar-refractivity contribution in [1.82, 2.24) is 0 Å². The van der Waals surface area contributed by atoms with Gasteiger partial charge in [-0.15, -0.1) is 11.6 Å². The first-order chi connectivity index (χ1) is 9.00. The van der Waals surface area contributed by atoms with E-state index >= 15 is 0 Å². The molecule has 0 aliphatic rings. The van der Waals surface area contributed by atoms with Crippen LogP contribution < -0.4 is 5.73 Å². The summed E-state index contributed by atoms with van der Waals surface area (Å²) >= 11 is 6.84. The fraction of sp³-hybridized carbons (Fsp3) is 0.222. The van der Waals surface area contributed by atoms with E-state index in [1.807, 2.05) is 0 Å². The number of hydrogen-bond acceptors (Lipinski definition) is 4. The van der Waals surface area contributed by atoms with Gasteiger partial charge in [-0.05, 0) is 34.7 Å². The molecule has 0 aliphatic carbocycles. The van der Waals surface area contributed by atoms with Crippen molar-refractivity contribution in [3.8, 4) is 5.75 Å². The topological polar surface area (TPSA) is 92.8 Å². The summed E-state index contributed by atoms with van der Waals surface area (Å²) in [5.74, 6) is -0.897. The SMILES string of the molecule is NC(CCl)=Nc1cc(S(=O)(=O)C(F)(F)F)cc(I)c1O. The first-order valence-corrected chi connectivity index (χ1v) is 7.83. The van der Waals surface area contributed by atoms with E-state index in [0.29, 0.717) is 12.1 Å². The van der Waals surface area contributed by atoms with Crippen LogP contribution >= 0.6 is 34.2 Å². The highest BCUT2D eigenvalue weighted by molar-refractivity contribution is 14.1. The van der Waals surface area contributed by atoms with Crippen LogP contribution in [-0.2, 0) is 9.84 Å². The summed E-state index contributed by atoms with van der Waals surface area (Å²) in [6, 6.07) is 1.27. The van der Waals surface area contributed by atoms with Crippen LogP contribution in [0.25, 0.3) is 0 Å². The lowest BCUT2D eigenvalue weighted by molar-refractivity contribution is -0.0436. The quantitative estimate of drug-likeness (QED) is 0.326. The molecule has 0 saturated heterocycles. The van der Waals surface area contributed by atoms with Gasteiger partial charge in [0, 0.05) is 0 Å². The van der Waals surface area contributed by atoms with Gasteiger partial charge in [-0.1, -0.05) is 0 Å². The Morgan fingerprint density at radius 3 is 2.45 bits per heavy atom. The third-order valence-electron chi connectivity index (χ3n) is 2.03. The minimum atomic E-state index is -5.54. The second kappa shape index (κ2) is 5.93. The van der Waals surface area contributed by atoms with Crippen molar-refractivity contribution >= 4 is 55.6 Å². The highest BCUT2D eigenvalue weighted by atomic mass is 127. The maximum Gasteiger partial charge on any atom is 0.501 e. The van der Waals surface area contributed by atoms with Crippen LogP contribution in [-0.4, -0.2) is 30.7 Å². The monoisotopic (exact) mass is 442 g/mol. The zero-order chi connectivity index (χ0) is 15.7. The number of hydrogen-bond donors (Lipinski definition) is 2. The molecular weight excluding hydrogens is 436 g/mol. The van der Waals surface area contributed by atoms with E-state index in [1.165, 1.54) is 22.6 Å².